The molecule has 0 unspecified atom stereocenters. The van der Waals surface area contributed by atoms with Crippen LogP contribution in [0.15, 0.2) is 0 Å². The van der Waals surface area contributed by atoms with Crippen LogP contribution in [-0.4, -0.2) is 24.8 Å². The number of alkyl carbamates (subject to hydrolysis) is 1. The molecule has 4 bridgehead atoms. The van der Waals surface area contributed by atoms with E-state index in [1.807, 2.05) is 20.8 Å². The summed E-state index contributed by atoms with van der Waals surface area (Å²) in [6.07, 6.45) is 10.6. The molecule has 0 radical (unpaired) electrons. The third-order valence-corrected chi connectivity index (χ3v) is 6.81. The van der Waals surface area contributed by atoms with Crippen molar-refractivity contribution in [3.05, 3.63) is 0 Å². The van der Waals surface area contributed by atoms with Gasteiger partial charge in [-0.15, -0.1) is 24.8 Å². The Kier molecular flexibility index (Phi) is 7.28. The van der Waals surface area contributed by atoms with Crippen molar-refractivity contribution in [3.63, 3.8) is 0 Å². The molecule has 4 nitrogen and oxygen atoms in total. The average molecular weight is 423 g/mol. The maximum atomic E-state index is 11.4. The number of ether oxygens (including phenoxy) is 1. The summed E-state index contributed by atoms with van der Waals surface area (Å²) in [6, 6.07) is 0. The number of nitrogens with one attached hydrogen (secondary N) is 1. The lowest BCUT2D eigenvalue weighted by atomic mass is 9.35. The Morgan fingerprint density at radius 3 is 1.67 bits per heavy atom. The van der Waals surface area contributed by atoms with Crippen molar-refractivity contribution < 1.29 is 9.53 Å². The monoisotopic (exact) mass is 422 g/mol. The molecule has 27 heavy (non-hydrogen) atoms. The fourth-order valence-electron chi connectivity index (χ4n) is 6.70. The van der Waals surface area contributed by atoms with Gasteiger partial charge in [-0.1, -0.05) is 13.8 Å². The molecule has 160 valence electrons. The minimum atomic E-state index is -0.395. The van der Waals surface area contributed by atoms with Gasteiger partial charge in [0.1, 0.15) is 5.60 Å². The van der Waals surface area contributed by atoms with Crippen LogP contribution in [-0.2, 0) is 4.74 Å². The lowest BCUT2D eigenvalue weighted by Gasteiger charge is -2.70. The summed E-state index contributed by atoms with van der Waals surface area (Å²) in [4.78, 5) is 11.4. The highest BCUT2D eigenvalue weighted by Crippen LogP contribution is 2.75. The number of hydrogen-bond donors (Lipinski definition) is 2. The zero-order valence-electron chi connectivity index (χ0n) is 17.8. The number of nitrogens with two attached hydrogens (primary N) is 1. The van der Waals surface area contributed by atoms with Gasteiger partial charge in [0.15, 0.2) is 0 Å². The number of hydrogen-bond acceptors (Lipinski definition) is 3. The average Bonchev–Trinajstić information content (AvgIpc) is 2.31. The van der Waals surface area contributed by atoms with Gasteiger partial charge in [-0.25, -0.2) is 4.79 Å². The second kappa shape index (κ2) is 7.91. The second-order valence-electron chi connectivity index (χ2n) is 11.4. The van der Waals surface area contributed by atoms with Crippen molar-refractivity contribution in [1.82, 2.24) is 5.32 Å². The van der Waals surface area contributed by atoms with Crippen LogP contribution in [0.4, 0.5) is 4.79 Å². The molecule has 0 heterocycles. The van der Waals surface area contributed by atoms with Gasteiger partial charge in [0.05, 0.1) is 0 Å². The van der Waals surface area contributed by atoms with Crippen molar-refractivity contribution in [2.24, 2.45) is 27.4 Å². The standard InChI is InChI=1S/C13H23NO2.C8H15N.2ClH/c1-11(2,3)16-10(15)14-6-5-13-7-12(4,8-13)9-13;1-7-4-8(5-7,6-7)2-3-9;;/h5-9H2,1-4H3,(H,14,15);2-6,9H2,1H3;2*1H. The molecule has 0 aromatic carbocycles. The van der Waals surface area contributed by atoms with E-state index in [0.717, 1.165) is 30.3 Å². The predicted molar refractivity (Wildman–Crippen MR) is 116 cm³/mol. The van der Waals surface area contributed by atoms with Crippen LogP contribution >= 0.6 is 24.8 Å². The van der Waals surface area contributed by atoms with Crippen molar-refractivity contribution in [2.75, 3.05) is 13.1 Å². The van der Waals surface area contributed by atoms with Crippen LogP contribution < -0.4 is 11.1 Å². The van der Waals surface area contributed by atoms with E-state index in [1.165, 1.54) is 44.9 Å². The minimum Gasteiger partial charge on any atom is -0.444 e. The number of amides is 1. The first-order valence-electron chi connectivity index (χ1n) is 10.1. The second-order valence-corrected chi connectivity index (χ2v) is 11.4. The maximum Gasteiger partial charge on any atom is 0.407 e. The molecule has 0 aromatic heterocycles. The lowest BCUT2D eigenvalue weighted by molar-refractivity contribution is -0.193. The molecule has 6 aliphatic carbocycles. The molecule has 1 amide bonds. The number of carbonyl (C=O) groups excluding carboxylic acids is 1. The van der Waals surface area contributed by atoms with Crippen LogP contribution in [0.5, 0.6) is 0 Å². The number of halogens is 2. The molecular weight excluding hydrogens is 383 g/mol. The van der Waals surface area contributed by atoms with E-state index in [1.54, 1.807) is 0 Å². The highest BCUT2D eigenvalue weighted by atomic mass is 35.5. The zero-order valence-corrected chi connectivity index (χ0v) is 19.4. The molecule has 0 spiro atoms. The van der Waals surface area contributed by atoms with Crippen LogP contribution in [0.1, 0.15) is 86.0 Å². The van der Waals surface area contributed by atoms with Crippen molar-refractivity contribution >= 4 is 30.9 Å². The summed E-state index contributed by atoms with van der Waals surface area (Å²) in [5.74, 6) is 0. The maximum absolute atomic E-state index is 11.4. The van der Waals surface area contributed by atoms with Gasteiger partial charge in [0.25, 0.3) is 0 Å². The summed E-state index contributed by atoms with van der Waals surface area (Å²) in [6.45, 7) is 12.1. The third-order valence-electron chi connectivity index (χ3n) is 6.81. The summed E-state index contributed by atoms with van der Waals surface area (Å²) >= 11 is 0. The van der Waals surface area contributed by atoms with Crippen molar-refractivity contribution in [1.29, 1.82) is 0 Å². The Balaban J connectivity index is 0.000000284. The third kappa shape index (κ3) is 5.45. The van der Waals surface area contributed by atoms with Crippen LogP contribution in [0.2, 0.25) is 0 Å². The summed E-state index contributed by atoms with van der Waals surface area (Å²) in [7, 11) is 0. The minimum absolute atomic E-state index is 0. The topological polar surface area (TPSA) is 64.3 Å². The smallest absolute Gasteiger partial charge is 0.407 e. The molecule has 6 aliphatic rings. The predicted octanol–water partition coefficient (Wildman–Crippen LogP) is 5.46. The molecule has 0 atom stereocenters. The van der Waals surface area contributed by atoms with Gasteiger partial charge < -0.3 is 15.8 Å². The first kappa shape index (κ1) is 24.8. The van der Waals surface area contributed by atoms with Gasteiger partial charge in [0.2, 0.25) is 0 Å². The summed E-state index contributed by atoms with van der Waals surface area (Å²) in [5, 5.41) is 2.84. The van der Waals surface area contributed by atoms with Gasteiger partial charge in [0, 0.05) is 6.54 Å². The molecule has 6 saturated carbocycles. The molecule has 0 aliphatic heterocycles. The Labute approximate surface area is 177 Å². The first-order valence-corrected chi connectivity index (χ1v) is 10.1. The molecule has 0 saturated heterocycles. The van der Waals surface area contributed by atoms with Crippen molar-refractivity contribution in [2.45, 2.75) is 91.6 Å². The lowest BCUT2D eigenvalue weighted by Crippen LogP contribution is -2.60. The first-order chi connectivity index (χ1) is 11.4. The molecule has 0 aromatic rings. The van der Waals surface area contributed by atoms with E-state index in [-0.39, 0.29) is 30.9 Å². The largest absolute Gasteiger partial charge is 0.444 e. The Morgan fingerprint density at radius 1 is 0.926 bits per heavy atom. The van der Waals surface area contributed by atoms with E-state index in [9.17, 15) is 4.79 Å². The van der Waals surface area contributed by atoms with Gasteiger partial charge in [-0.2, -0.15) is 0 Å². The summed E-state index contributed by atoms with van der Waals surface area (Å²) in [5.41, 5.74) is 7.86. The van der Waals surface area contributed by atoms with Crippen LogP contribution in [0, 0.1) is 21.7 Å². The molecular formula is C21H40Cl2N2O2. The van der Waals surface area contributed by atoms with E-state index in [4.69, 9.17) is 10.5 Å². The van der Waals surface area contributed by atoms with E-state index in [0.29, 0.717) is 10.8 Å². The number of carbonyl (C=O) groups is 1. The van der Waals surface area contributed by atoms with Gasteiger partial charge >= 0.3 is 6.09 Å². The summed E-state index contributed by atoms with van der Waals surface area (Å²) < 4.78 is 5.19. The molecule has 6 heteroatoms. The molecule has 6 rings (SSSR count). The SMILES string of the molecule is CC12CC(CCN)(C1)C2.CC12CC(CCNC(=O)OC(C)(C)C)(C1)C2.Cl.Cl. The Bertz CT molecular complexity index is 499. The van der Waals surface area contributed by atoms with Crippen LogP contribution in [0.3, 0.4) is 0 Å². The molecule has 6 fully saturated rings. The highest BCUT2D eigenvalue weighted by molar-refractivity contribution is 5.85. The normalized spacial score (nSPS) is 39.3. The van der Waals surface area contributed by atoms with E-state index < -0.39 is 5.60 Å². The van der Waals surface area contributed by atoms with Gasteiger partial charge in [-0.3, -0.25) is 0 Å². The van der Waals surface area contributed by atoms with Gasteiger partial charge in [-0.05, 0) is 100 Å². The van der Waals surface area contributed by atoms with Crippen LogP contribution in [0.25, 0.3) is 0 Å². The quantitative estimate of drug-likeness (QED) is 0.617. The van der Waals surface area contributed by atoms with E-state index in [2.05, 4.69) is 19.2 Å². The Hall–Kier alpha value is -0.190. The molecule has 3 N–H and O–H groups in total. The fraction of sp³-hybridized carbons (Fsp3) is 0.952. The van der Waals surface area contributed by atoms with E-state index >= 15 is 0 Å². The van der Waals surface area contributed by atoms with Crippen molar-refractivity contribution in [3.8, 4) is 0 Å². The fourth-order valence-corrected chi connectivity index (χ4v) is 6.70. The zero-order chi connectivity index (χ0) is 18.6. The highest BCUT2D eigenvalue weighted by Gasteiger charge is 2.64. The Morgan fingerprint density at radius 2 is 1.33 bits per heavy atom. The number of rotatable bonds is 5.